The van der Waals surface area contributed by atoms with E-state index in [1.807, 2.05) is 45.5 Å². The third-order valence-electron chi connectivity index (χ3n) is 8.83. The number of hydrogen-bond acceptors (Lipinski definition) is 8. The number of alkyl halides is 2. The van der Waals surface area contributed by atoms with Crippen molar-refractivity contribution in [2.24, 2.45) is 22.1 Å². The number of nitrogens with two attached hydrogens (primary N) is 1. The first-order valence-corrected chi connectivity index (χ1v) is 17.1. The highest BCUT2D eigenvalue weighted by Crippen LogP contribution is 2.46. The smallest absolute Gasteiger partial charge is 0.306 e. The second kappa shape index (κ2) is 13.8. The first kappa shape index (κ1) is 36.1. The molecule has 2 aliphatic rings. The van der Waals surface area contributed by atoms with E-state index in [1.165, 1.54) is 23.1 Å². The van der Waals surface area contributed by atoms with Gasteiger partial charge in [-0.1, -0.05) is 64.4 Å². The zero-order chi connectivity index (χ0) is 36.8. The Labute approximate surface area is 298 Å². The van der Waals surface area contributed by atoms with Crippen molar-refractivity contribution >= 4 is 29.4 Å². The molecule has 1 aliphatic heterocycles. The molecule has 3 heterocycles. The number of ether oxygens (including phenoxy) is 1. The minimum absolute atomic E-state index is 0.00132. The highest BCUT2D eigenvalue weighted by molar-refractivity contribution is 6.32. The molecule has 1 amide bonds. The number of hydrogen-bond donors (Lipinski definition) is 1. The largest absolute Gasteiger partial charge is 0.463 e. The predicted octanol–water partition coefficient (Wildman–Crippen LogP) is 7.31. The quantitative estimate of drug-likeness (QED) is 0.152. The highest BCUT2D eigenvalue weighted by atomic mass is 35.5. The van der Waals surface area contributed by atoms with Crippen LogP contribution in [0.4, 0.5) is 13.2 Å². The van der Waals surface area contributed by atoms with Gasteiger partial charge in [0.1, 0.15) is 18.8 Å². The normalized spacial score (nSPS) is 18.5. The van der Waals surface area contributed by atoms with E-state index in [-0.39, 0.29) is 42.0 Å². The summed E-state index contributed by atoms with van der Waals surface area (Å²) in [7, 11) is 0. The fourth-order valence-electron chi connectivity index (χ4n) is 6.46. The van der Waals surface area contributed by atoms with E-state index in [2.05, 4.69) is 15.2 Å². The fraction of sp³-hybridized carbons (Fsp3) is 0.444. The molecule has 11 nitrogen and oxygen atoms in total. The van der Waals surface area contributed by atoms with Crippen LogP contribution in [0.5, 0.6) is 0 Å². The molecule has 0 saturated heterocycles. The van der Waals surface area contributed by atoms with Crippen molar-refractivity contribution in [2.75, 3.05) is 6.61 Å². The fourth-order valence-corrected chi connectivity index (χ4v) is 6.66. The average molecular weight is 725 g/mol. The summed E-state index contributed by atoms with van der Waals surface area (Å²) in [5, 5.41) is 8.41. The van der Waals surface area contributed by atoms with Crippen LogP contribution in [0, 0.1) is 17.2 Å². The van der Waals surface area contributed by atoms with Gasteiger partial charge in [0.15, 0.2) is 17.3 Å². The molecule has 2 N–H and O–H groups in total. The zero-order valence-electron chi connectivity index (χ0n) is 29.0. The van der Waals surface area contributed by atoms with Crippen molar-refractivity contribution in [3.63, 3.8) is 0 Å². The number of aromatic nitrogens is 5. The number of nitrogens with zero attached hydrogens (tertiary/aromatic N) is 7. The van der Waals surface area contributed by atoms with Gasteiger partial charge in [0, 0.05) is 23.7 Å². The van der Waals surface area contributed by atoms with Gasteiger partial charge in [0.2, 0.25) is 0 Å². The maximum Gasteiger partial charge on any atom is 0.306 e. The minimum Gasteiger partial charge on any atom is -0.463 e. The van der Waals surface area contributed by atoms with E-state index >= 15 is 4.39 Å². The molecule has 0 unspecified atom stereocenters. The van der Waals surface area contributed by atoms with Crippen LogP contribution in [-0.2, 0) is 19.9 Å². The minimum atomic E-state index is -2.96. The first-order valence-electron chi connectivity index (χ1n) is 16.7. The van der Waals surface area contributed by atoms with E-state index < -0.39 is 46.9 Å². The van der Waals surface area contributed by atoms with Gasteiger partial charge in [0.25, 0.3) is 12.3 Å². The lowest BCUT2D eigenvalue weighted by Crippen LogP contribution is -2.47. The lowest BCUT2D eigenvalue weighted by molar-refractivity contribution is -0.148. The Morgan fingerprint density at radius 3 is 2.53 bits per heavy atom. The molecule has 1 saturated carbocycles. The Kier molecular flexibility index (Phi) is 9.75. The van der Waals surface area contributed by atoms with Gasteiger partial charge in [-0.15, -0.1) is 0 Å². The number of carbonyl (C=O) groups excluding carboxylic acids is 2. The zero-order valence-corrected chi connectivity index (χ0v) is 29.7. The molecule has 0 radical (unpaired) electrons. The van der Waals surface area contributed by atoms with E-state index in [0.29, 0.717) is 28.3 Å². The lowest BCUT2D eigenvalue weighted by atomic mass is 9.75. The standard InChI is InChI=1S/C36H40ClF3N8O3/c1-20(2)12-30(49)51-17-29(21-6-11-26(37)28(13-21)48-32(31(39)40)42-19-44-48)47-33(50)36(45-34(47)41,18-35(3,4)5)23-7-10-25(27(38)14-23)22-15-43-46(16-22)24-8-9-24/h6-7,10-11,13-16,19-20,24,29,31H,8-9,12,17-18H2,1-5H3,(H2,41,45)/t29-,36-/m1/s1. The summed E-state index contributed by atoms with van der Waals surface area (Å²) in [5.41, 5.74) is 6.10. The van der Waals surface area contributed by atoms with E-state index in [0.717, 1.165) is 23.9 Å². The molecule has 2 aromatic carbocycles. The SMILES string of the molecule is CC(C)CC(=O)OC[C@H](c1ccc(Cl)c(-n2ncnc2C(F)F)c1)N1C(=O)[C@@](CC(C)(C)C)(c2ccc(-c3cnn(C4CC4)c3)c(F)c2)N=C1N. The number of aliphatic imine (C=N–C) groups is 1. The third-order valence-corrected chi connectivity index (χ3v) is 9.15. The van der Waals surface area contributed by atoms with Crippen molar-refractivity contribution in [1.29, 1.82) is 0 Å². The summed E-state index contributed by atoms with van der Waals surface area (Å²) in [4.78, 5) is 37.4. The van der Waals surface area contributed by atoms with E-state index in [1.54, 1.807) is 24.4 Å². The first-order chi connectivity index (χ1) is 24.1. The van der Waals surface area contributed by atoms with Crippen molar-refractivity contribution in [1.82, 2.24) is 29.4 Å². The van der Waals surface area contributed by atoms with Gasteiger partial charge in [-0.2, -0.15) is 10.2 Å². The molecule has 51 heavy (non-hydrogen) atoms. The number of halogens is 4. The number of rotatable bonds is 12. The molecule has 270 valence electrons. The highest BCUT2D eigenvalue weighted by Gasteiger charge is 2.53. The molecule has 6 rings (SSSR count). The van der Waals surface area contributed by atoms with Crippen molar-refractivity contribution in [3.05, 3.63) is 82.9 Å². The molecule has 2 atom stereocenters. The number of guanidine groups is 1. The second-order valence-corrected chi connectivity index (χ2v) is 15.1. The number of benzene rings is 2. The van der Waals surface area contributed by atoms with Crippen molar-refractivity contribution in [3.8, 4) is 16.8 Å². The molecule has 0 bridgehead atoms. The molecular formula is C36H40ClF3N8O3. The number of carbonyl (C=O) groups is 2. The van der Waals surface area contributed by atoms with Crippen LogP contribution >= 0.6 is 11.6 Å². The second-order valence-electron chi connectivity index (χ2n) is 14.7. The summed E-state index contributed by atoms with van der Waals surface area (Å²) in [6, 6.07) is 8.34. The Bertz CT molecular complexity index is 1980. The van der Waals surface area contributed by atoms with Crippen LogP contribution in [-0.4, -0.2) is 53.9 Å². The predicted molar refractivity (Wildman–Crippen MR) is 185 cm³/mol. The Morgan fingerprint density at radius 2 is 1.88 bits per heavy atom. The van der Waals surface area contributed by atoms with Crippen LogP contribution in [0.3, 0.4) is 0 Å². The molecule has 4 aromatic rings. The van der Waals surface area contributed by atoms with Crippen LogP contribution in [0.2, 0.25) is 5.02 Å². The third kappa shape index (κ3) is 7.37. The topological polar surface area (TPSA) is 134 Å². The van der Waals surface area contributed by atoms with Crippen LogP contribution in [0.15, 0.2) is 60.1 Å². The monoisotopic (exact) mass is 724 g/mol. The van der Waals surface area contributed by atoms with Crippen LogP contribution < -0.4 is 5.73 Å². The maximum absolute atomic E-state index is 16.0. The van der Waals surface area contributed by atoms with Gasteiger partial charge in [-0.3, -0.25) is 19.2 Å². The average Bonchev–Trinajstić information content (AvgIpc) is 3.46. The van der Waals surface area contributed by atoms with Crippen molar-refractivity contribution < 1.29 is 27.5 Å². The van der Waals surface area contributed by atoms with Gasteiger partial charge in [-0.25, -0.2) is 27.8 Å². The molecule has 0 spiro atoms. The molecule has 1 fully saturated rings. The lowest BCUT2D eigenvalue weighted by Gasteiger charge is -2.35. The molecular weight excluding hydrogens is 685 g/mol. The van der Waals surface area contributed by atoms with Gasteiger partial charge >= 0.3 is 5.97 Å². The van der Waals surface area contributed by atoms with Gasteiger partial charge < -0.3 is 10.5 Å². The molecule has 15 heteroatoms. The van der Waals surface area contributed by atoms with Crippen LogP contribution in [0.25, 0.3) is 16.8 Å². The van der Waals surface area contributed by atoms with Gasteiger partial charge in [-0.05, 0) is 59.9 Å². The van der Waals surface area contributed by atoms with E-state index in [4.69, 9.17) is 27.1 Å². The number of esters is 1. The summed E-state index contributed by atoms with van der Waals surface area (Å²) in [5.74, 6) is -2.46. The summed E-state index contributed by atoms with van der Waals surface area (Å²) in [6.45, 7) is 9.18. The van der Waals surface area contributed by atoms with E-state index in [9.17, 15) is 18.4 Å². The van der Waals surface area contributed by atoms with Gasteiger partial charge in [0.05, 0.1) is 29.0 Å². The van der Waals surface area contributed by atoms with Crippen LogP contribution in [0.1, 0.15) is 95.8 Å². The summed E-state index contributed by atoms with van der Waals surface area (Å²) >= 11 is 6.47. The van der Waals surface area contributed by atoms with Crippen molar-refractivity contribution in [2.45, 2.75) is 84.4 Å². The number of amides is 1. The summed E-state index contributed by atoms with van der Waals surface area (Å²) < 4.78 is 52.1. The summed E-state index contributed by atoms with van der Waals surface area (Å²) in [6.07, 6.45) is 3.79. The Balaban J connectivity index is 1.42. The maximum atomic E-state index is 16.0. The molecule has 1 aliphatic carbocycles. The molecule has 2 aromatic heterocycles. The Morgan fingerprint density at radius 1 is 1.14 bits per heavy atom. The Hall–Kier alpha value is -4.72.